The molecule has 0 bridgehead atoms. The molecule has 0 aromatic heterocycles. The van der Waals surface area contributed by atoms with Crippen LogP contribution in [0.5, 0.6) is 0 Å². The number of benzene rings is 1. The van der Waals surface area contributed by atoms with Gasteiger partial charge < -0.3 is 10.0 Å². The second-order valence-electron chi connectivity index (χ2n) is 4.42. The van der Waals surface area contributed by atoms with Gasteiger partial charge in [0.2, 0.25) is 0 Å². The molecule has 0 spiro atoms. The van der Waals surface area contributed by atoms with E-state index in [2.05, 4.69) is 13.8 Å². The van der Waals surface area contributed by atoms with E-state index in [-0.39, 0.29) is 18.6 Å². The second kappa shape index (κ2) is 8.23. The smallest absolute Gasteiger partial charge is 0.254 e. The van der Waals surface area contributed by atoms with Crippen LogP contribution in [0.25, 0.3) is 0 Å². The van der Waals surface area contributed by atoms with Gasteiger partial charge in [-0.1, -0.05) is 13.8 Å². The Balaban J connectivity index is 2.91. The second-order valence-corrected chi connectivity index (χ2v) is 5.30. The fourth-order valence-corrected chi connectivity index (χ4v) is 2.59. The fourth-order valence-electron chi connectivity index (χ4n) is 2.19. The van der Waals surface area contributed by atoms with Gasteiger partial charge in [-0.05, 0) is 43.4 Å². The number of nitrogens with zero attached hydrogens (tertiary/aromatic N) is 1. The van der Waals surface area contributed by atoms with Crippen molar-refractivity contribution in [2.75, 3.05) is 19.4 Å². The Kier molecular flexibility index (Phi) is 6.95. The standard InChI is InChI=1S/C15H23NO2S/c1-4-13(5-2)16(10-11-17)15(18)12-6-8-14(19-3)9-7-12/h6-9,13,17H,4-5,10-11H2,1-3H3. The van der Waals surface area contributed by atoms with Gasteiger partial charge in [-0.2, -0.15) is 0 Å². The van der Waals surface area contributed by atoms with Crippen LogP contribution in [0.2, 0.25) is 0 Å². The average molecular weight is 281 g/mol. The molecule has 0 fully saturated rings. The third-order valence-corrected chi connectivity index (χ3v) is 4.07. The van der Waals surface area contributed by atoms with Gasteiger partial charge >= 0.3 is 0 Å². The van der Waals surface area contributed by atoms with Gasteiger partial charge in [0.25, 0.3) is 5.91 Å². The molecule has 106 valence electrons. The Morgan fingerprint density at radius 3 is 2.26 bits per heavy atom. The van der Waals surface area contributed by atoms with E-state index in [4.69, 9.17) is 5.11 Å². The van der Waals surface area contributed by atoms with Gasteiger partial charge in [0.05, 0.1) is 6.61 Å². The van der Waals surface area contributed by atoms with Crippen LogP contribution in [0.3, 0.4) is 0 Å². The molecule has 3 nitrogen and oxygen atoms in total. The first-order valence-corrected chi connectivity index (χ1v) is 7.96. The van der Waals surface area contributed by atoms with Crippen molar-refractivity contribution in [3.05, 3.63) is 29.8 Å². The maximum atomic E-state index is 12.5. The molecule has 19 heavy (non-hydrogen) atoms. The van der Waals surface area contributed by atoms with Crippen LogP contribution in [0, 0.1) is 0 Å². The molecule has 1 N–H and O–H groups in total. The molecule has 0 aliphatic heterocycles. The summed E-state index contributed by atoms with van der Waals surface area (Å²) in [6, 6.07) is 7.84. The molecule has 1 aromatic rings. The number of rotatable bonds is 7. The summed E-state index contributed by atoms with van der Waals surface area (Å²) >= 11 is 1.66. The van der Waals surface area contributed by atoms with Gasteiger partial charge in [-0.15, -0.1) is 11.8 Å². The maximum Gasteiger partial charge on any atom is 0.254 e. The van der Waals surface area contributed by atoms with E-state index in [1.165, 1.54) is 0 Å². The third-order valence-electron chi connectivity index (χ3n) is 3.32. The van der Waals surface area contributed by atoms with E-state index in [1.807, 2.05) is 30.5 Å². The van der Waals surface area contributed by atoms with Crippen molar-refractivity contribution < 1.29 is 9.90 Å². The minimum Gasteiger partial charge on any atom is -0.395 e. The lowest BCUT2D eigenvalue weighted by molar-refractivity contribution is 0.0622. The Bertz CT molecular complexity index is 388. The molecule has 0 saturated carbocycles. The third kappa shape index (κ3) is 4.25. The minimum absolute atomic E-state index is 0.00509. The summed E-state index contributed by atoms with van der Waals surface area (Å²) in [4.78, 5) is 15.4. The van der Waals surface area contributed by atoms with Crippen LogP contribution in [-0.2, 0) is 0 Å². The first-order chi connectivity index (χ1) is 9.17. The van der Waals surface area contributed by atoms with Crippen LogP contribution in [-0.4, -0.2) is 41.4 Å². The Morgan fingerprint density at radius 1 is 1.26 bits per heavy atom. The van der Waals surface area contributed by atoms with Crippen molar-refractivity contribution in [2.24, 2.45) is 0 Å². The van der Waals surface area contributed by atoms with Crippen molar-refractivity contribution in [3.63, 3.8) is 0 Å². The lowest BCUT2D eigenvalue weighted by atomic mass is 10.1. The maximum absolute atomic E-state index is 12.5. The number of hydrogen-bond donors (Lipinski definition) is 1. The Morgan fingerprint density at radius 2 is 1.84 bits per heavy atom. The first kappa shape index (κ1) is 16.1. The number of carbonyl (C=O) groups is 1. The van der Waals surface area contributed by atoms with Crippen LogP contribution < -0.4 is 0 Å². The fraction of sp³-hybridized carbons (Fsp3) is 0.533. The molecule has 0 unspecified atom stereocenters. The highest BCUT2D eigenvalue weighted by atomic mass is 32.2. The van der Waals surface area contributed by atoms with Gasteiger partial charge in [-0.25, -0.2) is 0 Å². The summed E-state index contributed by atoms with van der Waals surface area (Å²) in [5.74, 6) is 0.00963. The van der Waals surface area contributed by atoms with Crippen molar-refractivity contribution in [1.82, 2.24) is 4.90 Å². The molecule has 0 saturated heterocycles. The lowest BCUT2D eigenvalue weighted by Crippen LogP contribution is -2.41. The van der Waals surface area contributed by atoms with Crippen molar-refractivity contribution >= 4 is 17.7 Å². The SMILES string of the molecule is CCC(CC)N(CCO)C(=O)c1ccc(SC)cc1. The molecular formula is C15H23NO2S. The number of aliphatic hydroxyl groups is 1. The summed E-state index contributed by atoms with van der Waals surface area (Å²) in [7, 11) is 0. The molecule has 0 radical (unpaired) electrons. The highest BCUT2D eigenvalue weighted by Gasteiger charge is 2.21. The van der Waals surface area contributed by atoms with E-state index in [9.17, 15) is 4.79 Å². The molecule has 1 amide bonds. The largest absolute Gasteiger partial charge is 0.395 e. The van der Waals surface area contributed by atoms with Crippen LogP contribution in [0.1, 0.15) is 37.0 Å². The summed E-state index contributed by atoms with van der Waals surface area (Å²) < 4.78 is 0. The van der Waals surface area contributed by atoms with Crippen LogP contribution in [0.4, 0.5) is 0 Å². The predicted molar refractivity (Wildman–Crippen MR) is 80.7 cm³/mol. The molecule has 1 rings (SSSR count). The highest BCUT2D eigenvalue weighted by molar-refractivity contribution is 7.98. The van der Waals surface area contributed by atoms with E-state index in [1.54, 1.807) is 16.7 Å². The molecule has 0 heterocycles. The first-order valence-electron chi connectivity index (χ1n) is 6.73. The molecule has 0 atom stereocenters. The number of thioether (sulfide) groups is 1. The van der Waals surface area contributed by atoms with E-state index < -0.39 is 0 Å². The van der Waals surface area contributed by atoms with Gasteiger partial charge in [0.1, 0.15) is 0 Å². The highest BCUT2D eigenvalue weighted by Crippen LogP contribution is 2.18. The quantitative estimate of drug-likeness (QED) is 0.781. The van der Waals surface area contributed by atoms with E-state index >= 15 is 0 Å². The number of aliphatic hydroxyl groups excluding tert-OH is 1. The normalized spacial score (nSPS) is 10.8. The Labute approximate surface area is 120 Å². The number of amides is 1. The van der Waals surface area contributed by atoms with E-state index in [0.29, 0.717) is 12.1 Å². The van der Waals surface area contributed by atoms with Gasteiger partial charge in [0.15, 0.2) is 0 Å². The lowest BCUT2D eigenvalue weighted by Gasteiger charge is -2.30. The molecule has 0 aliphatic rings. The summed E-state index contributed by atoms with van der Waals surface area (Å²) in [5.41, 5.74) is 0.693. The monoisotopic (exact) mass is 281 g/mol. The van der Waals surface area contributed by atoms with Crippen LogP contribution in [0.15, 0.2) is 29.2 Å². The van der Waals surface area contributed by atoms with Crippen molar-refractivity contribution in [1.29, 1.82) is 0 Å². The number of hydrogen-bond acceptors (Lipinski definition) is 3. The molecular weight excluding hydrogens is 258 g/mol. The zero-order valence-corrected chi connectivity index (χ0v) is 12.7. The molecule has 4 heteroatoms. The zero-order valence-electron chi connectivity index (χ0n) is 11.9. The molecule has 0 aliphatic carbocycles. The van der Waals surface area contributed by atoms with Crippen molar-refractivity contribution in [2.45, 2.75) is 37.6 Å². The summed E-state index contributed by atoms with van der Waals surface area (Å²) in [6.45, 7) is 4.55. The zero-order chi connectivity index (χ0) is 14.3. The average Bonchev–Trinajstić information content (AvgIpc) is 2.47. The van der Waals surface area contributed by atoms with E-state index in [0.717, 1.165) is 17.7 Å². The summed E-state index contributed by atoms with van der Waals surface area (Å²) in [5, 5.41) is 9.16. The summed E-state index contributed by atoms with van der Waals surface area (Å²) in [6.07, 6.45) is 3.83. The van der Waals surface area contributed by atoms with Gasteiger partial charge in [-0.3, -0.25) is 4.79 Å². The number of carbonyl (C=O) groups excluding carboxylic acids is 1. The molecule has 1 aromatic carbocycles. The van der Waals surface area contributed by atoms with Crippen LogP contribution >= 0.6 is 11.8 Å². The predicted octanol–water partition coefficient (Wildman–Crippen LogP) is 3.03. The van der Waals surface area contributed by atoms with Crippen molar-refractivity contribution in [3.8, 4) is 0 Å². The topological polar surface area (TPSA) is 40.5 Å². The van der Waals surface area contributed by atoms with Gasteiger partial charge in [0, 0.05) is 23.0 Å². The Hall–Kier alpha value is -1.00. The minimum atomic E-state index is 0.00509.